The number of carboxylic acids is 1. The van der Waals surface area contributed by atoms with Crippen LogP contribution in [-0.2, 0) is 4.79 Å². The number of rotatable bonds is 5. The van der Waals surface area contributed by atoms with Crippen LogP contribution in [0.15, 0.2) is 0 Å². The van der Waals surface area contributed by atoms with Crippen LogP contribution in [0.4, 0.5) is 4.79 Å². The molecule has 18 heavy (non-hydrogen) atoms. The van der Waals surface area contributed by atoms with E-state index in [2.05, 4.69) is 5.32 Å². The number of urea groups is 1. The molecule has 0 spiro atoms. The van der Waals surface area contributed by atoms with Crippen molar-refractivity contribution in [1.82, 2.24) is 10.2 Å². The molecule has 1 fully saturated rings. The molecule has 0 bridgehead atoms. The van der Waals surface area contributed by atoms with Crippen LogP contribution in [0.25, 0.3) is 0 Å². The molecular formula is C12H22N2O3S. The highest BCUT2D eigenvalue weighted by Gasteiger charge is 2.38. The van der Waals surface area contributed by atoms with E-state index in [0.29, 0.717) is 13.0 Å². The van der Waals surface area contributed by atoms with Crippen molar-refractivity contribution in [3.05, 3.63) is 0 Å². The lowest BCUT2D eigenvalue weighted by atomic mass is 10.0. The second-order valence-electron chi connectivity index (χ2n) is 4.80. The molecule has 1 aliphatic heterocycles. The summed E-state index contributed by atoms with van der Waals surface area (Å²) in [6, 6.07) is -0.240. The van der Waals surface area contributed by atoms with Gasteiger partial charge in [0.1, 0.15) is 0 Å². The fourth-order valence-electron chi connectivity index (χ4n) is 2.22. The van der Waals surface area contributed by atoms with Crippen LogP contribution in [-0.4, -0.2) is 52.6 Å². The van der Waals surface area contributed by atoms with E-state index in [9.17, 15) is 9.59 Å². The SMILES string of the molecule is CSCCC(C)NC(=O)N1CCC(C(=O)O)C1C. The number of aliphatic carboxylic acids is 1. The van der Waals surface area contributed by atoms with Gasteiger partial charge in [-0.25, -0.2) is 4.79 Å². The van der Waals surface area contributed by atoms with Gasteiger partial charge in [-0.3, -0.25) is 4.79 Å². The molecule has 2 N–H and O–H groups in total. The topological polar surface area (TPSA) is 69.6 Å². The van der Waals surface area contributed by atoms with E-state index < -0.39 is 11.9 Å². The van der Waals surface area contributed by atoms with E-state index in [4.69, 9.17) is 5.11 Å². The molecule has 3 unspecified atom stereocenters. The van der Waals surface area contributed by atoms with E-state index >= 15 is 0 Å². The van der Waals surface area contributed by atoms with Gasteiger partial charge in [0, 0.05) is 18.6 Å². The second-order valence-corrected chi connectivity index (χ2v) is 5.79. The second kappa shape index (κ2) is 6.87. The Morgan fingerprint density at radius 3 is 2.72 bits per heavy atom. The Morgan fingerprint density at radius 1 is 1.56 bits per heavy atom. The molecule has 0 saturated carbocycles. The molecule has 0 radical (unpaired) electrons. The summed E-state index contributed by atoms with van der Waals surface area (Å²) < 4.78 is 0. The highest BCUT2D eigenvalue weighted by molar-refractivity contribution is 7.98. The van der Waals surface area contributed by atoms with Gasteiger partial charge in [0.2, 0.25) is 0 Å². The molecule has 1 rings (SSSR count). The van der Waals surface area contributed by atoms with Gasteiger partial charge in [0.25, 0.3) is 0 Å². The van der Waals surface area contributed by atoms with E-state index in [1.807, 2.05) is 13.2 Å². The number of likely N-dealkylation sites (tertiary alicyclic amines) is 1. The average Bonchev–Trinajstić information content (AvgIpc) is 2.68. The van der Waals surface area contributed by atoms with Crippen molar-refractivity contribution < 1.29 is 14.7 Å². The van der Waals surface area contributed by atoms with Gasteiger partial charge in [0.15, 0.2) is 0 Å². The van der Waals surface area contributed by atoms with Crippen LogP contribution in [0.2, 0.25) is 0 Å². The van der Waals surface area contributed by atoms with Crippen molar-refractivity contribution in [3.63, 3.8) is 0 Å². The molecule has 1 saturated heterocycles. The Hall–Kier alpha value is -0.910. The number of thioether (sulfide) groups is 1. The number of amides is 2. The maximum Gasteiger partial charge on any atom is 0.317 e. The fourth-order valence-corrected chi connectivity index (χ4v) is 2.81. The summed E-state index contributed by atoms with van der Waals surface area (Å²) in [6.45, 7) is 4.31. The fraction of sp³-hybridized carbons (Fsp3) is 0.833. The quantitative estimate of drug-likeness (QED) is 0.799. The largest absolute Gasteiger partial charge is 0.481 e. The lowest BCUT2D eigenvalue weighted by molar-refractivity contribution is -0.142. The first-order chi connectivity index (χ1) is 8.47. The van der Waals surface area contributed by atoms with Crippen LogP contribution in [0, 0.1) is 5.92 Å². The predicted octanol–water partition coefficient (Wildman–Crippen LogP) is 1.63. The normalized spacial score (nSPS) is 24.9. The minimum Gasteiger partial charge on any atom is -0.481 e. The average molecular weight is 274 g/mol. The number of hydrogen-bond donors (Lipinski definition) is 2. The molecule has 2 amide bonds. The molecule has 0 aromatic heterocycles. The number of hydrogen-bond acceptors (Lipinski definition) is 3. The van der Waals surface area contributed by atoms with Crippen LogP contribution in [0.3, 0.4) is 0 Å². The first-order valence-corrected chi connectivity index (χ1v) is 7.65. The monoisotopic (exact) mass is 274 g/mol. The molecule has 5 nitrogen and oxygen atoms in total. The zero-order valence-electron chi connectivity index (χ0n) is 11.2. The molecule has 1 aliphatic rings. The van der Waals surface area contributed by atoms with E-state index in [1.165, 1.54) is 0 Å². The minimum absolute atomic E-state index is 0.126. The van der Waals surface area contributed by atoms with Crippen molar-refractivity contribution in [3.8, 4) is 0 Å². The Balaban J connectivity index is 2.45. The molecule has 0 aliphatic carbocycles. The zero-order chi connectivity index (χ0) is 13.7. The van der Waals surface area contributed by atoms with Crippen molar-refractivity contribution in [2.45, 2.75) is 38.8 Å². The number of nitrogens with zero attached hydrogens (tertiary/aromatic N) is 1. The summed E-state index contributed by atoms with van der Waals surface area (Å²) in [5, 5.41) is 11.9. The van der Waals surface area contributed by atoms with Crippen molar-refractivity contribution >= 4 is 23.8 Å². The molecule has 6 heteroatoms. The summed E-state index contributed by atoms with van der Waals surface area (Å²) >= 11 is 1.75. The molecule has 104 valence electrons. The summed E-state index contributed by atoms with van der Waals surface area (Å²) in [7, 11) is 0. The van der Waals surface area contributed by atoms with Crippen molar-refractivity contribution in [2.75, 3.05) is 18.6 Å². The van der Waals surface area contributed by atoms with Gasteiger partial charge in [-0.2, -0.15) is 11.8 Å². The van der Waals surface area contributed by atoms with Crippen molar-refractivity contribution in [2.24, 2.45) is 5.92 Å². The van der Waals surface area contributed by atoms with Gasteiger partial charge < -0.3 is 15.3 Å². The highest BCUT2D eigenvalue weighted by atomic mass is 32.2. The number of nitrogens with one attached hydrogen (secondary N) is 1. The third-order valence-electron chi connectivity index (χ3n) is 3.46. The van der Waals surface area contributed by atoms with Crippen LogP contribution in [0.5, 0.6) is 0 Å². The highest BCUT2D eigenvalue weighted by Crippen LogP contribution is 2.24. The summed E-state index contributed by atoms with van der Waals surface area (Å²) in [5.74, 6) is -0.236. The first-order valence-electron chi connectivity index (χ1n) is 6.26. The Morgan fingerprint density at radius 2 is 2.22 bits per heavy atom. The number of carboxylic acid groups (broad SMARTS) is 1. The summed E-state index contributed by atoms with van der Waals surface area (Å²) in [5.41, 5.74) is 0. The Bertz CT molecular complexity index is 312. The summed E-state index contributed by atoms with van der Waals surface area (Å²) in [6.07, 6.45) is 3.51. The van der Waals surface area contributed by atoms with Crippen LogP contribution in [0.1, 0.15) is 26.7 Å². The standard InChI is InChI=1S/C12H22N2O3S/c1-8(5-7-18-3)13-12(17)14-6-4-10(9(14)2)11(15)16/h8-10H,4-7H2,1-3H3,(H,13,17)(H,15,16). The van der Waals surface area contributed by atoms with Crippen LogP contribution < -0.4 is 5.32 Å². The molecule has 0 aromatic carbocycles. The number of carbonyl (C=O) groups is 2. The lowest BCUT2D eigenvalue weighted by Crippen LogP contribution is -2.46. The Kier molecular flexibility index (Phi) is 5.78. The zero-order valence-corrected chi connectivity index (χ0v) is 12.0. The third kappa shape index (κ3) is 3.80. The van der Waals surface area contributed by atoms with E-state index in [1.54, 1.807) is 23.6 Å². The van der Waals surface area contributed by atoms with Gasteiger partial charge in [0.05, 0.1) is 5.92 Å². The maximum absolute atomic E-state index is 12.0. The van der Waals surface area contributed by atoms with Crippen LogP contribution >= 0.6 is 11.8 Å². The van der Waals surface area contributed by atoms with Gasteiger partial charge in [-0.15, -0.1) is 0 Å². The molecular weight excluding hydrogens is 252 g/mol. The maximum atomic E-state index is 12.0. The number of carbonyl (C=O) groups excluding carboxylic acids is 1. The lowest BCUT2D eigenvalue weighted by Gasteiger charge is -2.25. The minimum atomic E-state index is -0.812. The molecule has 1 heterocycles. The molecule has 0 aromatic rings. The smallest absolute Gasteiger partial charge is 0.317 e. The van der Waals surface area contributed by atoms with Crippen molar-refractivity contribution in [1.29, 1.82) is 0 Å². The van der Waals surface area contributed by atoms with E-state index in [0.717, 1.165) is 12.2 Å². The van der Waals surface area contributed by atoms with Gasteiger partial charge >= 0.3 is 12.0 Å². The molecule has 3 atom stereocenters. The predicted molar refractivity (Wildman–Crippen MR) is 72.9 cm³/mol. The Labute approximate surface area is 112 Å². The van der Waals surface area contributed by atoms with E-state index in [-0.39, 0.29) is 18.1 Å². The van der Waals surface area contributed by atoms with Gasteiger partial charge in [-0.1, -0.05) is 0 Å². The summed E-state index contributed by atoms with van der Waals surface area (Å²) in [4.78, 5) is 24.6. The third-order valence-corrected chi connectivity index (χ3v) is 4.10. The van der Waals surface area contributed by atoms with Gasteiger partial charge in [-0.05, 0) is 38.7 Å². The first kappa shape index (κ1) is 15.1.